The van der Waals surface area contributed by atoms with Gasteiger partial charge in [0.1, 0.15) is 5.00 Å². The summed E-state index contributed by atoms with van der Waals surface area (Å²) in [6.45, 7) is 13.2. The predicted octanol–water partition coefficient (Wildman–Crippen LogP) is 4.85. The summed E-state index contributed by atoms with van der Waals surface area (Å²) in [6.07, 6.45) is 6.75. The zero-order valence-corrected chi connectivity index (χ0v) is 23.5. The molecule has 204 valence electrons. The topological polar surface area (TPSA) is 97.1 Å². The molecule has 39 heavy (non-hydrogen) atoms. The highest BCUT2D eigenvalue weighted by molar-refractivity contribution is 7.16. The average Bonchev–Trinajstić information content (AvgIpc) is 3.70. The van der Waals surface area contributed by atoms with Crippen LogP contribution in [0.4, 0.5) is 5.95 Å². The number of anilines is 1. The number of amides is 2. The van der Waals surface area contributed by atoms with Crippen LogP contribution in [0, 0.1) is 5.41 Å². The van der Waals surface area contributed by atoms with Gasteiger partial charge in [0.15, 0.2) is 0 Å². The molecule has 1 aliphatic rings. The number of rotatable bonds is 9. The van der Waals surface area contributed by atoms with Gasteiger partial charge in [-0.25, -0.2) is 9.67 Å². The number of imidazole rings is 1. The van der Waals surface area contributed by atoms with Crippen LogP contribution in [0.5, 0.6) is 0 Å². The van der Waals surface area contributed by atoms with Crippen molar-refractivity contribution in [2.24, 2.45) is 5.41 Å². The Morgan fingerprint density at radius 1 is 1.23 bits per heavy atom. The molecule has 4 aromatic rings. The Balaban J connectivity index is 1.43. The van der Waals surface area contributed by atoms with Gasteiger partial charge in [0.05, 0.1) is 22.0 Å². The highest BCUT2D eigenvalue weighted by atomic mass is 32.1. The van der Waals surface area contributed by atoms with Crippen molar-refractivity contribution in [3.05, 3.63) is 71.9 Å². The van der Waals surface area contributed by atoms with Crippen molar-refractivity contribution >= 4 is 40.1 Å². The van der Waals surface area contributed by atoms with E-state index >= 15 is 0 Å². The molecular formula is C29H35N7O2S. The molecule has 1 aromatic carbocycles. The van der Waals surface area contributed by atoms with E-state index in [0.29, 0.717) is 23.9 Å². The first-order valence-corrected chi connectivity index (χ1v) is 14.1. The molecule has 3 aromatic heterocycles. The van der Waals surface area contributed by atoms with Gasteiger partial charge in [0, 0.05) is 38.6 Å². The maximum atomic E-state index is 13.3. The van der Waals surface area contributed by atoms with Gasteiger partial charge in [-0.05, 0) is 60.2 Å². The Hall–Kier alpha value is -3.76. The number of hydrogen-bond acceptors (Lipinski definition) is 6. The van der Waals surface area contributed by atoms with Crippen LogP contribution in [-0.4, -0.2) is 55.2 Å². The van der Waals surface area contributed by atoms with Crippen LogP contribution in [0.25, 0.3) is 16.0 Å². The van der Waals surface area contributed by atoms with Crippen molar-refractivity contribution < 1.29 is 9.59 Å². The summed E-state index contributed by atoms with van der Waals surface area (Å²) in [5.74, 6) is 0.179. The molecule has 0 radical (unpaired) electrons. The van der Waals surface area contributed by atoms with Gasteiger partial charge in [-0.15, -0.1) is 11.3 Å². The van der Waals surface area contributed by atoms with E-state index in [2.05, 4.69) is 61.3 Å². The van der Waals surface area contributed by atoms with Crippen LogP contribution in [0.1, 0.15) is 48.8 Å². The number of carbonyl (C=O) groups excluding carboxylic acids is 2. The fourth-order valence-corrected chi connectivity index (χ4v) is 5.77. The highest BCUT2D eigenvalue weighted by Gasteiger charge is 2.29. The fraction of sp³-hybridized carbons (Fsp3) is 0.379. The first kappa shape index (κ1) is 26.8. The highest BCUT2D eigenvalue weighted by Crippen LogP contribution is 2.28. The molecule has 0 bridgehead atoms. The number of fused-ring (bicyclic) bond motifs is 1. The van der Waals surface area contributed by atoms with E-state index in [0.717, 1.165) is 47.5 Å². The molecule has 5 rings (SSSR count). The molecule has 2 N–H and O–H groups in total. The van der Waals surface area contributed by atoms with Crippen LogP contribution in [-0.2, 0) is 17.9 Å². The normalized spacial score (nSPS) is 15.7. The maximum absolute atomic E-state index is 13.3. The third kappa shape index (κ3) is 6.12. The lowest BCUT2D eigenvalue weighted by molar-refractivity contribution is -0.126. The standard InChI is InChI=1S/C29H35N7O2S/c1-5-25(37)34-14-6-8-21(34)18-35-23-10-9-20(17-30-19-29(2,3)4)16-22(23)32-28(35)33-27(38)24-11-12-26(39-24)36-15-7-13-31-36/h5,7,9-13,15-16,21,30H,1,6,8,14,17-19H2,2-4H3,(H,32,33,38). The van der Waals surface area contributed by atoms with Crippen molar-refractivity contribution in [3.63, 3.8) is 0 Å². The lowest BCUT2D eigenvalue weighted by Gasteiger charge is -2.24. The number of carbonyl (C=O) groups is 2. The van der Waals surface area contributed by atoms with E-state index in [1.54, 1.807) is 16.9 Å². The first-order chi connectivity index (χ1) is 18.7. The zero-order valence-electron chi connectivity index (χ0n) is 22.7. The Kier molecular flexibility index (Phi) is 7.67. The Morgan fingerprint density at radius 2 is 2.08 bits per heavy atom. The van der Waals surface area contributed by atoms with Crippen molar-refractivity contribution in [2.75, 3.05) is 18.4 Å². The monoisotopic (exact) mass is 545 g/mol. The second-order valence-electron chi connectivity index (χ2n) is 11.1. The summed E-state index contributed by atoms with van der Waals surface area (Å²) >= 11 is 1.36. The second-order valence-corrected chi connectivity index (χ2v) is 12.2. The molecular weight excluding hydrogens is 510 g/mol. The number of nitrogens with zero attached hydrogens (tertiary/aromatic N) is 5. The lowest BCUT2D eigenvalue weighted by atomic mass is 9.97. The second kappa shape index (κ2) is 11.2. The number of aromatic nitrogens is 4. The van der Waals surface area contributed by atoms with E-state index in [1.807, 2.05) is 27.8 Å². The summed E-state index contributed by atoms with van der Waals surface area (Å²) in [5.41, 5.74) is 3.05. The maximum Gasteiger partial charge on any atom is 0.268 e. The third-order valence-electron chi connectivity index (χ3n) is 6.80. The van der Waals surface area contributed by atoms with Gasteiger partial charge in [0.2, 0.25) is 11.9 Å². The van der Waals surface area contributed by atoms with E-state index in [9.17, 15) is 9.59 Å². The smallest absolute Gasteiger partial charge is 0.268 e. The summed E-state index contributed by atoms with van der Waals surface area (Å²) in [7, 11) is 0. The van der Waals surface area contributed by atoms with E-state index in [1.165, 1.54) is 17.4 Å². The molecule has 4 heterocycles. The number of likely N-dealkylation sites (tertiary alicyclic amines) is 1. The molecule has 0 saturated carbocycles. The van der Waals surface area contributed by atoms with Gasteiger partial charge in [-0.2, -0.15) is 5.10 Å². The number of hydrogen-bond donors (Lipinski definition) is 2. The molecule has 2 amide bonds. The molecule has 1 fully saturated rings. The number of nitrogens with one attached hydrogen (secondary N) is 2. The summed E-state index contributed by atoms with van der Waals surface area (Å²) in [5, 5.41) is 11.7. The van der Waals surface area contributed by atoms with Crippen LogP contribution < -0.4 is 10.6 Å². The molecule has 10 heteroatoms. The quantitative estimate of drug-likeness (QED) is 0.293. The Labute approximate surface area is 232 Å². The van der Waals surface area contributed by atoms with Crippen molar-refractivity contribution in [3.8, 4) is 5.00 Å². The minimum Gasteiger partial charge on any atom is -0.334 e. The average molecular weight is 546 g/mol. The molecule has 9 nitrogen and oxygen atoms in total. The van der Waals surface area contributed by atoms with Gasteiger partial charge in [0.25, 0.3) is 5.91 Å². The Bertz CT molecular complexity index is 1480. The van der Waals surface area contributed by atoms with Crippen LogP contribution in [0.15, 0.2) is 61.4 Å². The Morgan fingerprint density at radius 3 is 2.82 bits per heavy atom. The molecule has 0 aliphatic carbocycles. The van der Waals surface area contributed by atoms with E-state index in [4.69, 9.17) is 4.98 Å². The summed E-state index contributed by atoms with van der Waals surface area (Å²) < 4.78 is 3.76. The molecule has 1 saturated heterocycles. The van der Waals surface area contributed by atoms with Crippen LogP contribution in [0.2, 0.25) is 0 Å². The first-order valence-electron chi connectivity index (χ1n) is 13.3. The lowest BCUT2D eigenvalue weighted by Crippen LogP contribution is -2.37. The van der Waals surface area contributed by atoms with Crippen molar-refractivity contribution in [2.45, 2.75) is 52.7 Å². The minimum atomic E-state index is -0.229. The van der Waals surface area contributed by atoms with E-state index in [-0.39, 0.29) is 23.3 Å². The van der Waals surface area contributed by atoms with Crippen LogP contribution in [0.3, 0.4) is 0 Å². The summed E-state index contributed by atoms with van der Waals surface area (Å²) in [6, 6.07) is 11.7. The van der Waals surface area contributed by atoms with Crippen molar-refractivity contribution in [1.29, 1.82) is 0 Å². The van der Waals surface area contributed by atoms with Gasteiger partial charge in [-0.3, -0.25) is 14.9 Å². The van der Waals surface area contributed by atoms with E-state index < -0.39 is 0 Å². The van der Waals surface area contributed by atoms with Crippen LogP contribution >= 0.6 is 11.3 Å². The molecule has 1 aliphatic heterocycles. The predicted molar refractivity (Wildman–Crippen MR) is 155 cm³/mol. The number of benzene rings is 1. The van der Waals surface area contributed by atoms with Gasteiger partial charge < -0.3 is 14.8 Å². The van der Waals surface area contributed by atoms with Crippen molar-refractivity contribution in [1.82, 2.24) is 29.5 Å². The fourth-order valence-electron chi connectivity index (χ4n) is 4.93. The summed E-state index contributed by atoms with van der Waals surface area (Å²) in [4.78, 5) is 33.1. The van der Waals surface area contributed by atoms with Gasteiger partial charge >= 0.3 is 0 Å². The molecule has 0 spiro atoms. The molecule has 1 atom stereocenters. The number of thiophene rings is 1. The SMILES string of the molecule is C=CC(=O)N1CCCC1Cn1c(NC(=O)c2ccc(-n3cccn3)s2)nc2cc(CNCC(C)(C)C)ccc21. The minimum absolute atomic E-state index is 0.00448. The largest absolute Gasteiger partial charge is 0.334 e. The van der Waals surface area contributed by atoms with Gasteiger partial charge in [-0.1, -0.05) is 33.4 Å². The third-order valence-corrected chi connectivity index (χ3v) is 7.87. The molecule has 1 unspecified atom stereocenters. The zero-order chi connectivity index (χ0) is 27.6.